The summed E-state index contributed by atoms with van der Waals surface area (Å²) >= 11 is -3.76. The molecule has 0 atom stereocenters. The van der Waals surface area contributed by atoms with E-state index in [9.17, 15) is 0 Å². The van der Waals surface area contributed by atoms with Gasteiger partial charge in [-0.2, -0.15) is 0 Å². The predicted molar refractivity (Wildman–Crippen MR) is 87.0 cm³/mol. The maximum absolute atomic E-state index is 6.66. The zero-order valence-corrected chi connectivity index (χ0v) is 18.5. The summed E-state index contributed by atoms with van der Waals surface area (Å²) in [5, 5.41) is 0. The summed E-state index contributed by atoms with van der Waals surface area (Å²) in [5.41, 5.74) is 0. The quantitative estimate of drug-likeness (QED) is 0.381. The van der Waals surface area contributed by atoms with Gasteiger partial charge < -0.3 is 0 Å². The van der Waals surface area contributed by atoms with Crippen molar-refractivity contribution in [2.75, 3.05) is 21.3 Å². The van der Waals surface area contributed by atoms with E-state index in [1.165, 1.54) is 56.7 Å². The summed E-state index contributed by atoms with van der Waals surface area (Å²) in [7, 11) is 3.17. The summed E-state index contributed by atoms with van der Waals surface area (Å²) in [5.74, 6) is 0. The summed E-state index contributed by atoms with van der Waals surface area (Å²) in [6.07, 6.45) is 7.35. The van der Waals surface area contributed by atoms with Crippen LogP contribution >= 0.6 is 0 Å². The fourth-order valence-corrected chi connectivity index (χ4v) is 16.7. The standard InChI is InChI=1S/C12H27OSi.3CH3O.Zr/c1-4-7-10-14(13,11-8-5-2)12-9-6-3;3*1-2;/h4-12H2,1-3H3;3*1H3;/q4*-1;+4. The molecule has 0 amide bonds. The van der Waals surface area contributed by atoms with Gasteiger partial charge in [0.1, 0.15) is 0 Å². The molecule has 0 saturated carbocycles. The van der Waals surface area contributed by atoms with Crippen molar-refractivity contribution < 1.29 is 33.0 Å². The zero-order valence-electron chi connectivity index (χ0n) is 15.0. The zero-order chi connectivity index (χ0) is 16.2. The molecule has 6 heteroatoms. The summed E-state index contributed by atoms with van der Waals surface area (Å²) in [6, 6.07) is 3.62. The molecule has 4 nitrogen and oxygen atoms in total. The third-order valence-corrected chi connectivity index (χ3v) is 17.3. The van der Waals surface area contributed by atoms with Gasteiger partial charge >= 0.3 is 140 Å². The first-order valence-corrected chi connectivity index (χ1v) is 15.0. The third kappa shape index (κ3) is 7.85. The van der Waals surface area contributed by atoms with E-state index in [0.29, 0.717) is 0 Å². The van der Waals surface area contributed by atoms with Gasteiger partial charge in [0.25, 0.3) is 0 Å². The minimum atomic E-state index is -3.76. The number of rotatable bonds is 14. The van der Waals surface area contributed by atoms with Crippen LogP contribution < -0.4 is 0 Å². The SMILES string of the molecule is CCCC[Si](CCCC)(CCCC)[O][Zr]([O]C)([O]C)[O]C. The average Bonchev–Trinajstić information content (AvgIpc) is 2.54. The molecular formula is C15H36O4SiZr. The molecule has 21 heavy (non-hydrogen) atoms. The first kappa shape index (κ1) is 21.9. The van der Waals surface area contributed by atoms with Gasteiger partial charge in [-0.15, -0.1) is 0 Å². The summed E-state index contributed by atoms with van der Waals surface area (Å²) < 4.78 is 23.5. The van der Waals surface area contributed by atoms with E-state index in [2.05, 4.69) is 20.8 Å². The Hall–Kier alpha value is 0.940. The van der Waals surface area contributed by atoms with Gasteiger partial charge in [-0.3, -0.25) is 0 Å². The van der Waals surface area contributed by atoms with Gasteiger partial charge in [0.15, 0.2) is 0 Å². The van der Waals surface area contributed by atoms with Crippen molar-refractivity contribution in [1.82, 2.24) is 0 Å². The Morgan fingerprint density at radius 3 is 1.24 bits per heavy atom. The van der Waals surface area contributed by atoms with E-state index >= 15 is 0 Å². The van der Waals surface area contributed by atoms with Crippen LogP contribution in [-0.4, -0.2) is 29.6 Å². The maximum atomic E-state index is 6.66. The number of hydrogen-bond acceptors (Lipinski definition) is 4. The summed E-state index contributed by atoms with van der Waals surface area (Å²) in [4.78, 5) is 0. The van der Waals surface area contributed by atoms with Crippen LogP contribution in [0.1, 0.15) is 59.3 Å². The van der Waals surface area contributed by atoms with Crippen molar-refractivity contribution in [2.24, 2.45) is 0 Å². The van der Waals surface area contributed by atoms with Gasteiger partial charge in [0.2, 0.25) is 0 Å². The van der Waals surface area contributed by atoms with Crippen LogP contribution in [-0.2, 0) is 33.0 Å². The van der Waals surface area contributed by atoms with Gasteiger partial charge in [-0.1, -0.05) is 0 Å². The molecule has 0 bridgehead atoms. The molecule has 0 spiro atoms. The minimum absolute atomic E-state index is 1.21. The molecular weight excluding hydrogens is 363 g/mol. The molecule has 0 aliphatic rings. The predicted octanol–water partition coefficient (Wildman–Crippen LogP) is 5.10. The second-order valence-corrected chi connectivity index (χ2v) is 16.8. The first-order chi connectivity index (χ1) is 10.1. The molecule has 0 aromatic heterocycles. The second-order valence-electron chi connectivity index (χ2n) is 5.71. The Kier molecular flexibility index (Phi) is 12.9. The fourth-order valence-electron chi connectivity index (χ4n) is 2.67. The van der Waals surface area contributed by atoms with E-state index in [0.717, 1.165) is 0 Å². The molecule has 128 valence electrons. The van der Waals surface area contributed by atoms with Crippen LogP contribution in [0, 0.1) is 0 Å². The number of unbranched alkanes of at least 4 members (excludes halogenated alkanes) is 3. The summed E-state index contributed by atoms with van der Waals surface area (Å²) in [6.45, 7) is 6.74. The molecule has 0 saturated heterocycles. The van der Waals surface area contributed by atoms with Crippen molar-refractivity contribution in [1.29, 1.82) is 0 Å². The van der Waals surface area contributed by atoms with Gasteiger partial charge in [0, 0.05) is 0 Å². The Labute approximate surface area is 139 Å². The van der Waals surface area contributed by atoms with Crippen molar-refractivity contribution in [2.45, 2.75) is 77.4 Å². The molecule has 0 aromatic carbocycles. The van der Waals surface area contributed by atoms with Gasteiger partial charge in [-0.25, -0.2) is 0 Å². The van der Waals surface area contributed by atoms with Crippen LogP contribution in [0.25, 0.3) is 0 Å². The van der Waals surface area contributed by atoms with E-state index in [1.807, 2.05) is 0 Å². The monoisotopic (exact) mass is 398 g/mol. The average molecular weight is 400 g/mol. The third-order valence-electron chi connectivity index (χ3n) is 4.05. The Morgan fingerprint density at radius 1 is 0.667 bits per heavy atom. The molecule has 0 rings (SSSR count). The van der Waals surface area contributed by atoms with Crippen LogP contribution in [0.15, 0.2) is 0 Å². The van der Waals surface area contributed by atoms with E-state index < -0.39 is 30.3 Å². The van der Waals surface area contributed by atoms with Gasteiger partial charge in [-0.05, 0) is 0 Å². The molecule has 0 radical (unpaired) electrons. The normalized spacial score (nSPS) is 12.9. The van der Waals surface area contributed by atoms with E-state index in [-0.39, 0.29) is 0 Å². The van der Waals surface area contributed by atoms with Crippen LogP contribution in [0.4, 0.5) is 0 Å². The molecule has 0 fully saturated rings. The topological polar surface area (TPSA) is 36.9 Å². The van der Waals surface area contributed by atoms with Crippen LogP contribution in [0.2, 0.25) is 18.1 Å². The van der Waals surface area contributed by atoms with E-state index in [4.69, 9.17) is 10.9 Å². The Morgan fingerprint density at radius 2 is 1.00 bits per heavy atom. The Bertz CT molecular complexity index is 220. The van der Waals surface area contributed by atoms with Gasteiger partial charge in [0.05, 0.1) is 0 Å². The van der Waals surface area contributed by atoms with Crippen molar-refractivity contribution in [3.63, 3.8) is 0 Å². The Balaban J connectivity index is 5.17. The molecule has 0 aliphatic carbocycles. The molecule has 0 aromatic rings. The molecule has 0 unspecified atom stereocenters. The number of hydrogen-bond donors (Lipinski definition) is 0. The molecule has 0 heterocycles. The molecule has 0 N–H and O–H groups in total. The van der Waals surface area contributed by atoms with Crippen molar-refractivity contribution in [3.05, 3.63) is 0 Å². The van der Waals surface area contributed by atoms with Crippen LogP contribution in [0.3, 0.4) is 0 Å². The van der Waals surface area contributed by atoms with Crippen molar-refractivity contribution >= 4 is 8.32 Å². The van der Waals surface area contributed by atoms with E-state index in [1.54, 1.807) is 21.3 Å². The first-order valence-electron chi connectivity index (χ1n) is 8.43. The molecule has 0 aliphatic heterocycles. The fraction of sp³-hybridized carbons (Fsp3) is 1.00. The van der Waals surface area contributed by atoms with Crippen LogP contribution in [0.5, 0.6) is 0 Å². The second kappa shape index (κ2) is 12.4. The van der Waals surface area contributed by atoms with Crippen molar-refractivity contribution in [3.8, 4) is 0 Å².